The van der Waals surface area contributed by atoms with E-state index in [1.54, 1.807) is 11.3 Å². The van der Waals surface area contributed by atoms with Gasteiger partial charge in [0.2, 0.25) is 0 Å². The van der Waals surface area contributed by atoms with Gasteiger partial charge in [-0.2, -0.15) is 0 Å². The van der Waals surface area contributed by atoms with Crippen LogP contribution in [0.3, 0.4) is 0 Å². The lowest BCUT2D eigenvalue weighted by atomic mass is 10.2. The third-order valence-corrected chi connectivity index (χ3v) is 3.03. The molecule has 1 nitrogen and oxygen atoms in total. The van der Waals surface area contributed by atoms with E-state index >= 15 is 0 Å². The number of hydrogen-bond acceptors (Lipinski definition) is 2. The maximum absolute atomic E-state index is 4.29. The lowest BCUT2D eigenvalue weighted by Crippen LogP contribution is -1.84. The highest BCUT2D eigenvalue weighted by Crippen LogP contribution is 2.24. The molecule has 56 valence electrons. The summed E-state index contributed by atoms with van der Waals surface area (Å²) >= 11 is 1.79. The van der Waals surface area contributed by atoms with Gasteiger partial charge in [0.05, 0.1) is 0 Å². The minimum absolute atomic E-state index is 1.14. The molecule has 0 aromatic carbocycles. The number of nitrogens with zero attached hydrogens (tertiary/aromatic N) is 1. The Hall–Kier alpha value is -0.890. The number of thiophene rings is 1. The minimum Gasteiger partial charge on any atom is -0.261 e. The first-order valence-corrected chi connectivity index (χ1v) is 4.46. The fourth-order valence-electron chi connectivity index (χ4n) is 1.15. The summed E-state index contributed by atoms with van der Waals surface area (Å²) in [7, 11) is 0. The molecule has 0 fully saturated rings. The van der Waals surface area contributed by atoms with Crippen LogP contribution >= 0.6 is 11.3 Å². The van der Waals surface area contributed by atoms with E-state index in [-0.39, 0.29) is 0 Å². The second kappa shape index (κ2) is 2.31. The molecule has 0 aliphatic rings. The average Bonchev–Trinajstić information content (AvgIpc) is 2.45. The molecule has 0 radical (unpaired) electrons. The highest BCUT2D eigenvalue weighted by Gasteiger charge is 2.00. The van der Waals surface area contributed by atoms with Gasteiger partial charge in [-0.05, 0) is 30.9 Å². The first-order valence-electron chi connectivity index (χ1n) is 3.58. The smallest absolute Gasteiger partial charge is 0.0416 e. The van der Waals surface area contributed by atoms with Gasteiger partial charge in [0, 0.05) is 22.0 Å². The zero-order chi connectivity index (χ0) is 7.84. The van der Waals surface area contributed by atoms with E-state index < -0.39 is 0 Å². The molecular formula is C9H9NS. The van der Waals surface area contributed by atoms with E-state index in [1.807, 2.05) is 6.20 Å². The molecule has 0 atom stereocenters. The zero-order valence-electron chi connectivity index (χ0n) is 6.59. The largest absolute Gasteiger partial charge is 0.261 e. The monoisotopic (exact) mass is 163 g/mol. The molecule has 0 amide bonds. The highest BCUT2D eigenvalue weighted by molar-refractivity contribution is 7.17. The summed E-state index contributed by atoms with van der Waals surface area (Å²) in [5, 5.41) is 3.37. The molecule has 0 saturated heterocycles. The molecule has 2 heteroatoms. The van der Waals surface area contributed by atoms with Crippen molar-refractivity contribution in [3.05, 3.63) is 28.9 Å². The second-order valence-corrected chi connectivity index (χ2v) is 3.59. The molecule has 0 aliphatic heterocycles. The highest BCUT2D eigenvalue weighted by atomic mass is 32.1. The van der Waals surface area contributed by atoms with Crippen molar-refractivity contribution in [3.8, 4) is 0 Å². The van der Waals surface area contributed by atoms with Crippen LogP contribution in [-0.2, 0) is 0 Å². The maximum Gasteiger partial charge on any atom is 0.0416 e. The fraction of sp³-hybridized carbons (Fsp3) is 0.222. The Bertz CT molecular complexity index is 389. The number of pyridine rings is 1. The molecule has 0 aliphatic carbocycles. The summed E-state index contributed by atoms with van der Waals surface area (Å²) in [4.78, 5) is 4.29. The van der Waals surface area contributed by atoms with Gasteiger partial charge >= 0.3 is 0 Å². The third-order valence-electron chi connectivity index (χ3n) is 1.98. The van der Waals surface area contributed by atoms with Crippen molar-refractivity contribution in [2.45, 2.75) is 13.8 Å². The Morgan fingerprint density at radius 3 is 3.00 bits per heavy atom. The zero-order valence-corrected chi connectivity index (χ0v) is 7.40. The fourth-order valence-corrected chi connectivity index (χ4v) is 2.09. The molecule has 0 saturated carbocycles. The van der Waals surface area contributed by atoms with Crippen LogP contribution < -0.4 is 0 Å². The number of aromatic nitrogens is 1. The van der Waals surface area contributed by atoms with Gasteiger partial charge in [-0.25, -0.2) is 0 Å². The minimum atomic E-state index is 1.14. The van der Waals surface area contributed by atoms with Crippen LogP contribution in [0.2, 0.25) is 0 Å². The van der Waals surface area contributed by atoms with Gasteiger partial charge in [-0.15, -0.1) is 11.3 Å². The molecule has 2 aromatic heterocycles. The number of aryl methyl sites for hydroxylation is 2. The number of fused-ring (bicyclic) bond motifs is 1. The number of rotatable bonds is 0. The van der Waals surface area contributed by atoms with Gasteiger partial charge in [0.25, 0.3) is 0 Å². The SMILES string of the molecule is Cc1ncc2ccsc2c1C. The van der Waals surface area contributed by atoms with Gasteiger partial charge in [-0.1, -0.05) is 0 Å². The Kier molecular flexibility index (Phi) is 1.43. The van der Waals surface area contributed by atoms with Crippen molar-refractivity contribution < 1.29 is 0 Å². The van der Waals surface area contributed by atoms with Crippen LogP contribution in [0, 0.1) is 13.8 Å². The molecular weight excluding hydrogens is 154 g/mol. The standard InChI is InChI=1S/C9H9NS/c1-6-7(2)10-5-8-3-4-11-9(6)8/h3-5H,1-2H3. The van der Waals surface area contributed by atoms with Crippen LogP contribution in [0.4, 0.5) is 0 Å². The first-order chi connectivity index (χ1) is 5.29. The molecule has 2 rings (SSSR count). The van der Waals surface area contributed by atoms with Crippen LogP contribution in [0.1, 0.15) is 11.3 Å². The lowest BCUT2D eigenvalue weighted by molar-refractivity contribution is 1.18. The second-order valence-electron chi connectivity index (χ2n) is 2.67. The van der Waals surface area contributed by atoms with Crippen molar-refractivity contribution in [3.63, 3.8) is 0 Å². The average molecular weight is 163 g/mol. The van der Waals surface area contributed by atoms with Crippen molar-refractivity contribution >= 4 is 21.4 Å². The first kappa shape index (κ1) is 6.80. The van der Waals surface area contributed by atoms with E-state index in [4.69, 9.17) is 0 Å². The van der Waals surface area contributed by atoms with Crippen LogP contribution in [-0.4, -0.2) is 4.98 Å². The topological polar surface area (TPSA) is 12.9 Å². The van der Waals surface area contributed by atoms with Gasteiger partial charge in [-0.3, -0.25) is 4.98 Å². The Morgan fingerprint density at radius 2 is 2.18 bits per heavy atom. The van der Waals surface area contributed by atoms with Gasteiger partial charge in [0.15, 0.2) is 0 Å². The predicted octanol–water partition coefficient (Wildman–Crippen LogP) is 2.91. The lowest BCUT2D eigenvalue weighted by Gasteiger charge is -1.98. The van der Waals surface area contributed by atoms with Gasteiger partial charge < -0.3 is 0 Å². The molecule has 0 unspecified atom stereocenters. The Balaban J connectivity index is 2.93. The van der Waals surface area contributed by atoms with Crippen LogP contribution in [0.15, 0.2) is 17.6 Å². The van der Waals surface area contributed by atoms with Crippen LogP contribution in [0.25, 0.3) is 10.1 Å². The molecule has 11 heavy (non-hydrogen) atoms. The van der Waals surface area contributed by atoms with E-state index in [1.165, 1.54) is 15.6 Å². The molecule has 2 heterocycles. The van der Waals surface area contributed by atoms with Crippen molar-refractivity contribution in [2.24, 2.45) is 0 Å². The Labute approximate surface area is 69.7 Å². The summed E-state index contributed by atoms with van der Waals surface area (Å²) in [5.74, 6) is 0. The summed E-state index contributed by atoms with van der Waals surface area (Å²) in [6, 6.07) is 2.11. The summed E-state index contributed by atoms with van der Waals surface area (Å²) in [6.45, 7) is 4.18. The third kappa shape index (κ3) is 0.942. The van der Waals surface area contributed by atoms with Gasteiger partial charge in [0.1, 0.15) is 0 Å². The molecule has 2 aromatic rings. The van der Waals surface area contributed by atoms with E-state index in [0.717, 1.165) is 5.69 Å². The molecule has 0 spiro atoms. The summed E-state index contributed by atoms with van der Waals surface area (Å²) < 4.78 is 1.37. The molecule has 0 N–H and O–H groups in total. The van der Waals surface area contributed by atoms with E-state index in [0.29, 0.717) is 0 Å². The Morgan fingerprint density at radius 1 is 1.36 bits per heavy atom. The normalized spacial score (nSPS) is 10.7. The summed E-state index contributed by atoms with van der Waals surface area (Å²) in [6.07, 6.45) is 1.94. The quantitative estimate of drug-likeness (QED) is 0.582. The predicted molar refractivity (Wildman–Crippen MR) is 49.1 cm³/mol. The van der Waals surface area contributed by atoms with E-state index in [2.05, 4.69) is 30.3 Å². The summed E-state index contributed by atoms with van der Waals surface area (Å²) in [5.41, 5.74) is 2.46. The maximum atomic E-state index is 4.29. The van der Waals surface area contributed by atoms with Crippen molar-refractivity contribution in [1.82, 2.24) is 4.98 Å². The number of hydrogen-bond donors (Lipinski definition) is 0. The van der Waals surface area contributed by atoms with E-state index in [9.17, 15) is 0 Å². The van der Waals surface area contributed by atoms with Crippen molar-refractivity contribution in [2.75, 3.05) is 0 Å². The van der Waals surface area contributed by atoms with Crippen molar-refractivity contribution in [1.29, 1.82) is 0 Å². The molecule has 0 bridgehead atoms. The van der Waals surface area contributed by atoms with Crippen LogP contribution in [0.5, 0.6) is 0 Å².